The molecule has 2 aromatic carbocycles. The number of rotatable bonds is 2. The number of thiophene rings is 1. The van der Waals surface area contributed by atoms with Crippen LogP contribution in [-0.4, -0.2) is 20.1 Å². The molecule has 2 aromatic heterocycles. The third-order valence-electron chi connectivity index (χ3n) is 3.18. The minimum absolute atomic E-state index is 0.280. The smallest absolute Gasteiger partial charge is 0.142 e. The van der Waals surface area contributed by atoms with Crippen molar-refractivity contribution in [1.29, 1.82) is 0 Å². The Morgan fingerprint density at radius 1 is 1.05 bits per heavy atom. The molecular weight excluding hydrogens is 302 g/mol. The van der Waals surface area contributed by atoms with Crippen LogP contribution in [0.25, 0.3) is 21.1 Å². The lowest BCUT2D eigenvalue weighted by Crippen LogP contribution is -1.76. The quantitative estimate of drug-likeness (QED) is 0.559. The van der Waals surface area contributed by atoms with Gasteiger partial charge in [-0.3, -0.25) is 4.99 Å². The molecule has 0 aliphatic rings. The van der Waals surface area contributed by atoms with E-state index in [0.29, 0.717) is 0 Å². The minimum atomic E-state index is 0.280. The molecular formula is C15H9N3OS2. The van der Waals surface area contributed by atoms with Crippen LogP contribution >= 0.6 is 23.1 Å². The summed E-state index contributed by atoms with van der Waals surface area (Å²) in [5.41, 5.74) is 2.40. The van der Waals surface area contributed by atoms with Crippen molar-refractivity contribution in [1.82, 2.24) is 8.75 Å². The average molecular weight is 311 g/mol. The summed E-state index contributed by atoms with van der Waals surface area (Å²) in [4.78, 5) is 5.21. The largest absolute Gasteiger partial charge is 0.506 e. The van der Waals surface area contributed by atoms with Gasteiger partial charge in [-0.2, -0.15) is 8.75 Å². The number of aromatic hydroxyl groups is 1. The van der Waals surface area contributed by atoms with Crippen molar-refractivity contribution in [3.63, 3.8) is 0 Å². The summed E-state index contributed by atoms with van der Waals surface area (Å²) in [6.07, 6.45) is 1.69. The van der Waals surface area contributed by atoms with Gasteiger partial charge in [0.25, 0.3) is 0 Å². The molecule has 2 heterocycles. The Morgan fingerprint density at radius 3 is 2.86 bits per heavy atom. The molecule has 4 aromatic rings. The van der Waals surface area contributed by atoms with Crippen LogP contribution in [0.5, 0.6) is 5.75 Å². The van der Waals surface area contributed by atoms with Gasteiger partial charge in [-0.1, -0.05) is 18.2 Å². The first kappa shape index (κ1) is 12.4. The molecule has 102 valence electrons. The minimum Gasteiger partial charge on any atom is -0.506 e. The zero-order chi connectivity index (χ0) is 14.2. The van der Waals surface area contributed by atoms with Gasteiger partial charge in [-0.05, 0) is 24.3 Å². The fourth-order valence-corrected chi connectivity index (χ4v) is 3.68. The van der Waals surface area contributed by atoms with Gasteiger partial charge in [0, 0.05) is 16.3 Å². The van der Waals surface area contributed by atoms with Crippen LogP contribution in [0, 0.1) is 0 Å². The summed E-state index contributed by atoms with van der Waals surface area (Å²) in [5, 5.41) is 11.1. The first-order valence-electron chi connectivity index (χ1n) is 6.29. The maximum absolute atomic E-state index is 10.2. The number of aromatic nitrogens is 2. The van der Waals surface area contributed by atoms with Crippen LogP contribution in [0.2, 0.25) is 0 Å². The molecule has 0 bridgehead atoms. The van der Waals surface area contributed by atoms with Gasteiger partial charge in [0.1, 0.15) is 16.8 Å². The normalized spacial score (nSPS) is 11.8. The monoisotopic (exact) mass is 311 g/mol. The molecule has 6 heteroatoms. The van der Waals surface area contributed by atoms with E-state index in [1.807, 2.05) is 42.5 Å². The van der Waals surface area contributed by atoms with E-state index in [1.165, 1.54) is 23.1 Å². The van der Waals surface area contributed by atoms with Gasteiger partial charge < -0.3 is 5.11 Å². The van der Waals surface area contributed by atoms with Crippen molar-refractivity contribution < 1.29 is 5.11 Å². The molecule has 0 saturated carbocycles. The van der Waals surface area contributed by atoms with Crippen molar-refractivity contribution in [2.45, 2.75) is 0 Å². The second-order valence-corrected chi connectivity index (χ2v) is 6.09. The third kappa shape index (κ3) is 2.09. The second-order valence-electron chi connectivity index (χ2n) is 4.48. The molecule has 4 rings (SSSR count). The number of benzene rings is 2. The molecule has 21 heavy (non-hydrogen) atoms. The summed E-state index contributed by atoms with van der Waals surface area (Å²) >= 11 is 2.69. The Morgan fingerprint density at radius 2 is 1.95 bits per heavy atom. The Hall–Kier alpha value is -2.31. The molecule has 0 amide bonds. The van der Waals surface area contributed by atoms with Gasteiger partial charge >= 0.3 is 0 Å². The van der Waals surface area contributed by atoms with E-state index in [4.69, 9.17) is 0 Å². The average Bonchev–Trinajstić information content (AvgIpc) is 3.11. The molecule has 0 radical (unpaired) electrons. The molecule has 1 N–H and O–H groups in total. The highest BCUT2D eigenvalue weighted by molar-refractivity contribution is 7.21. The zero-order valence-electron chi connectivity index (χ0n) is 10.7. The van der Waals surface area contributed by atoms with E-state index in [1.54, 1.807) is 6.21 Å². The Labute approximate surface area is 128 Å². The van der Waals surface area contributed by atoms with E-state index in [9.17, 15) is 5.11 Å². The maximum Gasteiger partial charge on any atom is 0.142 e. The van der Waals surface area contributed by atoms with Crippen LogP contribution in [-0.2, 0) is 0 Å². The van der Waals surface area contributed by atoms with E-state index in [0.717, 1.165) is 31.7 Å². The molecule has 0 aliphatic heterocycles. The van der Waals surface area contributed by atoms with Crippen molar-refractivity contribution in [3.8, 4) is 5.75 Å². The van der Waals surface area contributed by atoms with Gasteiger partial charge in [0.15, 0.2) is 0 Å². The highest BCUT2D eigenvalue weighted by atomic mass is 32.1. The molecule has 0 unspecified atom stereocenters. The number of nitrogens with zero attached hydrogens (tertiary/aromatic N) is 3. The molecule has 0 saturated heterocycles. The number of aliphatic imine (C=N–C) groups is 1. The first-order valence-corrected chi connectivity index (χ1v) is 7.83. The van der Waals surface area contributed by atoms with Crippen LogP contribution in [0.4, 0.5) is 5.69 Å². The van der Waals surface area contributed by atoms with Gasteiger partial charge in [-0.15, -0.1) is 11.3 Å². The van der Waals surface area contributed by atoms with Crippen LogP contribution < -0.4 is 0 Å². The number of fused-ring (bicyclic) bond motifs is 2. The standard InChI is InChI=1S/C15H9N3OS2/c19-15-9-4-1-2-7-12(9)20-13(15)8-16-10-5-3-6-11-14(10)18-21-17-11/h1-8,19H. The third-order valence-corrected chi connectivity index (χ3v) is 4.82. The van der Waals surface area contributed by atoms with E-state index in [-0.39, 0.29) is 5.75 Å². The first-order chi connectivity index (χ1) is 10.3. The lowest BCUT2D eigenvalue weighted by Gasteiger charge is -1.94. The molecule has 0 fully saturated rings. The fraction of sp³-hybridized carbons (Fsp3) is 0. The zero-order valence-corrected chi connectivity index (χ0v) is 12.4. The van der Waals surface area contributed by atoms with E-state index < -0.39 is 0 Å². The topological polar surface area (TPSA) is 58.4 Å². The highest BCUT2D eigenvalue weighted by Crippen LogP contribution is 2.36. The SMILES string of the molecule is Oc1c(C=Nc2cccc3nsnc23)sc2ccccc12. The molecule has 4 nitrogen and oxygen atoms in total. The van der Waals surface area contributed by atoms with Gasteiger partial charge in [-0.25, -0.2) is 0 Å². The van der Waals surface area contributed by atoms with Crippen LogP contribution in [0.15, 0.2) is 47.5 Å². The maximum atomic E-state index is 10.2. The van der Waals surface area contributed by atoms with Crippen LogP contribution in [0.3, 0.4) is 0 Å². The summed E-state index contributed by atoms with van der Waals surface area (Å²) in [5.74, 6) is 0.280. The van der Waals surface area contributed by atoms with E-state index in [2.05, 4.69) is 13.7 Å². The highest BCUT2D eigenvalue weighted by Gasteiger charge is 2.09. The molecule has 0 aliphatic carbocycles. The van der Waals surface area contributed by atoms with Crippen molar-refractivity contribution in [3.05, 3.63) is 47.3 Å². The molecule has 0 atom stereocenters. The predicted molar refractivity (Wildman–Crippen MR) is 88.2 cm³/mol. The van der Waals surface area contributed by atoms with Crippen molar-refractivity contribution in [2.75, 3.05) is 0 Å². The summed E-state index contributed by atoms with van der Waals surface area (Å²) < 4.78 is 9.50. The van der Waals surface area contributed by atoms with Crippen LogP contribution in [0.1, 0.15) is 4.88 Å². The van der Waals surface area contributed by atoms with Gasteiger partial charge in [0.05, 0.1) is 22.3 Å². The lowest BCUT2D eigenvalue weighted by atomic mass is 10.2. The van der Waals surface area contributed by atoms with E-state index >= 15 is 0 Å². The Bertz CT molecular complexity index is 971. The Kier molecular flexibility index (Phi) is 2.90. The molecule has 0 spiro atoms. The van der Waals surface area contributed by atoms with Crippen molar-refractivity contribution in [2.24, 2.45) is 4.99 Å². The predicted octanol–water partition coefficient (Wildman–Crippen LogP) is 4.36. The summed E-state index contributed by atoms with van der Waals surface area (Å²) in [7, 11) is 0. The fourth-order valence-electron chi connectivity index (χ4n) is 2.16. The second kappa shape index (κ2) is 4.91. The summed E-state index contributed by atoms with van der Waals surface area (Å²) in [6.45, 7) is 0. The number of hydrogen-bond acceptors (Lipinski definition) is 6. The lowest BCUT2D eigenvalue weighted by molar-refractivity contribution is 0.483. The van der Waals surface area contributed by atoms with Crippen molar-refractivity contribution >= 4 is 56.1 Å². The Balaban J connectivity index is 1.80. The number of hydrogen-bond donors (Lipinski definition) is 1. The summed E-state index contributed by atoms with van der Waals surface area (Å²) in [6, 6.07) is 13.5. The van der Waals surface area contributed by atoms with Gasteiger partial charge in [0.2, 0.25) is 0 Å².